The van der Waals surface area contributed by atoms with Crippen molar-refractivity contribution in [2.24, 2.45) is 0 Å². The second-order valence-corrected chi connectivity index (χ2v) is 7.39. The monoisotopic (exact) mass is 401 g/mol. The fourth-order valence-corrected chi connectivity index (χ4v) is 3.91. The van der Waals surface area contributed by atoms with Gasteiger partial charge in [-0.3, -0.25) is 10.1 Å². The second kappa shape index (κ2) is 8.41. The molecule has 0 fully saturated rings. The van der Waals surface area contributed by atoms with E-state index in [1.165, 1.54) is 0 Å². The highest BCUT2D eigenvalue weighted by atomic mass is 16.6. The first-order valence-electron chi connectivity index (χ1n) is 9.97. The van der Waals surface area contributed by atoms with Gasteiger partial charge in [-0.05, 0) is 55.5 Å². The lowest BCUT2D eigenvalue weighted by molar-refractivity contribution is -0.385. The van der Waals surface area contributed by atoms with E-state index in [9.17, 15) is 10.1 Å². The van der Waals surface area contributed by atoms with Crippen LogP contribution in [0.5, 0.6) is 17.2 Å². The molecule has 0 N–H and O–H groups in total. The van der Waals surface area contributed by atoms with Gasteiger partial charge in [0.2, 0.25) is 0 Å². The summed E-state index contributed by atoms with van der Waals surface area (Å²) in [6.45, 7) is 6.21. The van der Waals surface area contributed by atoms with Crippen molar-refractivity contribution in [1.29, 1.82) is 0 Å². The molecule has 0 amide bonds. The molecule has 0 radical (unpaired) electrons. The fraction of sp³-hybridized carbons (Fsp3) is 0.200. The van der Waals surface area contributed by atoms with Gasteiger partial charge >= 0.3 is 0 Å². The maximum atomic E-state index is 11.4. The number of nitro benzene ring substituents is 1. The Balaban J connectivity index is 1.59. The highest BCUT2D eigenvalue weighted by molar-refractivity contribution is 5.61. The summed E-state index contributed by atoms with van der Waals surface area (Å²) in [4.78, 5) is 11.1. The van der Waals surface area contributed by atoms with E-state index in [1.54, 1.807) is 12.1 Å². The van der Waals surface area contributed by atoms with E-state index in [0.29, 0.717) is 18.8 Å². The number of ether oxygens (including phenoxy) is 2. The van der Waals surface area contributed by atoms with Crippen LogP contribution in [0.4, 0.5) is 5.69 Å². The second-order valence-electron chi connectivity index (χ2n) is 7.39. The summed E-state index contributed by atoms with van der Waals surface area (Å²) >= 11 is 0. The number of rotatable bonds is 7. The maximum absolute atomic E-state index is 11.4. The zero-order chi connectivity index (χ0) is 21.1. The van der Waals surface area contributed by atoms with Crippen LogP contribution in [0.2, 0.25) is 0 Å². The van der Waals surface area contributed by atoms with Crippen molar-refractivity contribution in [3.63, 3.8) is 0 Å². The fourth-order valence-electron chi connectivity index (χ4n) is 3.91. The van der Waals surface area contributed by atoms with Crippen LogP contribution < -0.4 is 9.47 Å². The SMILES string of the molecule is C=Cc1cc(Oc2c(C)cc([N+](=O)[O-])c3c2CCC3)ccc1OCc1ccccc1. The third-order valence-corrected chi connectivity index (χ3v) is 5.37. The number of fused-ring (bicyclic) bond motifs is 1. The van der Waals surface area contributed by atoms with Gasteiger partial charge in [-0.15, -0.1) is 0 Å². The third kappa shape index (κ3) is 3.92. The molecule has 30 heavy (non-hydrogen) atoms. The molecule has 0 atom stereocenters. The van der Waals surface area contributed by atoms with E-state index in [0.717, 1.165) is 52.2 Å². The number of benzene rings is 3. The summed E-state index contributed by atoms with van der Waals surface area (Å²) in [6, 6.07) is 17.2. The van der Waals surface area contributed by atoms with Crippen LogP contribution in [-0.4, -0.2) is 4.92 Å². The van der Waals surface area contributed by atoms with Crippen LogP contribution in [-0.2, 0) is 19.4 Å². The molecule has 0 aliphatic heterocycles. The number of hydrogen-bond acceptors (Lipinski definition) is 4. The van der Waals surface area contributed by atoms with Gasteiger partial charge in [0.1, 0.15) is 23.9 Å². The average Bonchev–Trinajstić information content (AvgIpc) is 3.24. The summed E-state index contributed by atoms with van der Waals surface area (Å²) in [5.74, 6) is 2.11. The van der Waals surface area contributed by atoms with E-state index in [4.69, 9.17) is 9.47 Å². The smallest absolute Gasteiger partial charge is 0.273 e. The zero-order valence-corrected chi connectivity index (χ0v) is 16.9. The highest BCUT2D eigenvalue weighted by Gasteiger charge is 2.27. The van der Waals surface area contributed by atoms with Gasteiger partial charge < -0.3 is 9.47 Å². The summed E-state index contributed by atoms with van der Waals surface area (Å²) in [5, 5.41) is 11.4. The van der Waals surface area contributed by atoms with Crippen LogP contribution in [0.3, 0.4) is 0 Å². The molecule has 0 aromatic heterocycles. The first-order chi connectivity index (χ1) is 14.6. The van der Waals surface area contributed by atoms with E-state index in [-0.39, 0.29) is 10.6 Å². The molecule has 4 rings (SSSR count). The van der Waals surface area contributed by atoms with Gasteiger partial charge in [-0.1, -0.05) is 43.0 Å². The van der Waals surface area contributed by atoms with Crippen molar-refractivity contribution in [2.75, 3.05) is 0 Å². The number of nitro groups is 1. The molecular formula is C25H23NO4. The molecule has 5 heteroatoms. The Hall–Kier alpha value is -3.60. The Morgan fingerprint density at radius 1 is 1.10 bits per heavy atom. The Bertz CT molecular complexity index is 1110. The standard InChI is InChI=1S/C25H23NO4/c1-3-19-15-20(12-13-24(19)29-16-18-8-5-4-6-9-18)30-25-17(2)14-23(26(27)28)21-10-7-11-22(21)25/h3-6,8-9,12-15H,1,7,10-11,16H2,2H3. The molecule has 0 bridgehead atoms. The minimum absolute atomic E-state index is 0.198. The topological polar surface area (TPSA) is 61.6 Å². The van der Waals surface area contributed by atoms with Crippen molar-refractivity contribution in [3.05, 3.63) is 99.1 Å². The molecule has 1 aliphatic carbocycles. The molecule has 0 saturated heterocycles. The van der Waals surface area contributed by atoms with Crippen molar-refractivity contribution >= 4 is 11.8 Å². The van der Waals surface area contributed by atoms with Gasteiger partial charge in [0, 0.05) is 22.8 Å². The largest absolute Gasteiger partial charge is 0.488 e. The first-order valence-corrected chi connectivity index (χ1v) is 9.97. The van der Waals surface area contributed by atoms with E-state index in [2.05, 4.69) is 6.58 Å². The lowest BCUT2D eigenvalue weighted by Crippen LogP contribution is -2.00. The van der Waals surface area contributed by atoms with Crippen LogP contribution in [0, 0.1) is 17.0 Å². The van der Waals surface area contributed by atoms with Crippen LogP contribution in [0.15, 0.2) is 61.2 Å². The van der Waals surface area contributed by atoms with E-state index in [1.807, 2.05) is 55.5 Å². The van der Waals surface area contributed by atoms with Crippen LogP contribution in [0.1, 0.15) is 34.2 Å². The van der Waals surface area contributed by atoms with Crippen LogP contribution in [0.25, 0.3) is 6.08 Å². The average molecular weight is 401 g/mol. The summed E-state index contributed by atoms with van der Waals surface area (Å²) in [6.07, 6.45) is 4.15. The Kier molecular flexibility index (Phi) is 5.53. The maximum Gasteiger partial charge on any atom is 0.273 e. The minimum Gasteiger partial charge on any atom is -0.488 e. The van der Waals surface area contributed by atoms with Crippen LogP contribution >= 0.6 is 0 Å². The van der Waals surface area contributed by atoms with E-state index < -0.39 is 0 Å². The van der Waals surface area contributed by atoms with Crippen molar-refractivity contribution in [2.45, 2.75) is 32.8 Å². The lowest BCUT2D eigenvalue weighted by atomic mass is 10.0. The molecule has 3 aromatic rings. The van der Waals surface area contributed by atoms with Gasteiger partial charge in [-0.2, -0.15) is 0 Å². The van der Waals surface area contributed by atoms with Gasteiger partial charge in [0.05, 0.1) is 4.92 Å². The van der Waals surface area contributed by atoms with Crippen molar-refractivity contribution < 1.29 is 14.4 Å². The number of hydrogen-bond donors (Lipinski definition) is 0. The predicted octanol–water partition coefficient (Wildman–Crippen LogP) is 6.41. The van der Waals surface area contributed by atoms with Gasteiger partial charge in [0.25, 0.3) is 5.69 Å². The minimum atomic E-state index is -0.296. The molecule has 0 spiro atoms. The predicted molar refractivity (Wildman–Crippen MR) is 117 cm³/mol. The normalized spacial score (nSPS) is 12.3. The molecule has 5 nitrogen and oxygen atoms in total. The summed E-state index contributed by atoms with van der Waals surface area (Å²) in [7, 11) is 0. The molecular weight excluding hydrogens is 378 g/mol. The van der Waals surface area contributed by atoms with E-state index >= 15 is 0 Å². The van der Waals surface area contributed by atoms with Crippen molar-refractivity contribution in [1.82, 2.24) is 0 Å². The molecule has 3 aromatic carbocycles. The quantitative estimate of drug-likeness (QED) is 0.339. The summed E-state index contributed by atoms with van der Waals surface area (Å²) < 4.78 is 12.2. The molecule has 0 saturated carbocycles. The van der Waals surface area contributed by atoms with Gasteiger partial charge in [0.15, 0.2) is 0 Å². The summed E-state index contributed by atoms with van der Waals surface area (Å²) in [5.41, 5.74) is 4.64. The Morgan fingerprint density at radius 3 is 2.60 bits per heavy atom. The Labute approximate surface area is 175 Å². The van der Waals surface area contributed by atoms with Gasteiger partial charge in [-0.25, -0.2) is 0 Å². The number of aryl methyl sites for hydroxylation is 1. The molecule has 0 unspecified atom stereocenters. The lowest BCUT2D eigenvalue weighted by Gasteiger charge is -2.16. The number of nitrogens with zero attached hydrogens (tertiary/aromatic N) is 1. The molecule has 152 valence electrons. The third-order valence-electron chi connectivity index (χ3n) is 5.37. The zero-order valence-electron chi connectivity index (χ0n) is 16.9. The highest BCUT2D eigenvalue weighted by Crippen LogP contribution is 2.42. The van der Waals surface area contributed by atoms with Crippen molar-refractivity contribution in [3.8, 4) is 17.2 Å². The Morgan fingerprint density at radius 2 is 1.87 bits per heavy atom. The molecule has 1 aliphatic rings. The molecule has 0 heterocycles. The first kappa shape index (κ1) is 19.7.